The number of aromatic nitrogens is 4. The normalized spacial score (nSPS) is 11.8. The van der Waals surface area contributed by atoms with E-state index in [0.29, 0.717) is 12.3 Å². The molecule has 2 aromatic heterocycles. The first kappa shape index (κ1) is 10.8. The number of aromatic amines is 1. The van der Waals surface area contributed by atoms with Gasteiger partial charge in [0.25, 0.3) is 10.0 Å². The van der Waals surface area contributed by atoms with Crippen molar-refractivity contribution in [3.8, 4) is 0 Å². The number of nitrogens with zero attached hydrogens (tertiary/aromatic N) is 3. The van der Waals surface area contributed by atoms with Crippen LogP contribution in [-0.4, -0.2) is 35.3 Å². The first-order valence-electron chi connectivity index (χ1n) is 4.43. The molecule has 0 aliphatic carbocycles. The maximum Gasteiger partial charge on any atom is 0.257 e. The average molecular weight is 243 g/mol. The van der Waals surface area contributed by atoms with Crippen LogP contribution in [0.15, 0.2) is 28.1 Å². The number of rotatable bonds is 5. The number of nitrogens with one attached hydrogen (secondary N) is 2. The molecule has 0 saturated carbocycles. The standard InChI is InChI=1S/C7H9N5O3S/c13-16(14,7-2-3-9-12-7)11-4-1-6-8-5-10-15-6/h2-3,5,11H,1,4H2,(H,9,12). The second kappa shape index (κ2) is 4.41. The fourth-order valence-corrected chi connectivity index (χ4v) is 2.01. The minimum absolute atomic E-state index is 0.0260. The van der Waals surface area contributed by atoms with Crippen molar-refractivity contribution < 1.29 is 12.9 Å². The van der Waals surface area contributed by atoms with Crippen LogP contribution in [0.2, 0.25) is 0 Å². The molecule has 2 heterocycles. The van der Waals surface area contributed by atoms with Gasteiger partial charge >= 0.3 is 0 Å². The van der Waals surface area contributed by atoms with E-state index in [4.69, 9.17) is 4.52 Å². The van der Waals surface area contributed by atoms with Gasteiger partial charge in [-0.2, -0.15) is 10.1 Å². The Morgan fingerprint density at radius 3 is 3.00 bits per heavy atom. The molecule has 0 unspecified atom stereocenters. The topological polar surface area (TPSA) is 114 Å². The molecule has 86 valence electrons. The molecule has 0 bridgehead atoms. The van der Waals surface area contributed by atoms with Gasteiger partial charge in [0.2, 0.25) is 5.89 Å². The van der Waals surface area contributed by atoms with Gasteiger partial charge in [0.1, 0.15) is 0 Å². The summed E-state index contributed by atoms with van der Waals surface area (Å²) in [4.78, 5) is 3.77. The predicted molar refractivity (Wildman–Crippen MR) is 51.8 cm³/mol. The second-order valence-electron chi connectivity index (χ2n) is 2.90. The van der Waals surface area contributed by atoms with Crippen LogP contribution < -0.4 is 4.72 Å². The van der Waals surface area contributed by atoms with E-state index in [1.54, 1.807) is 0 Å². The van der Waals surface area contributed by atoms with E-state index >= 15 is 0 Å². The number of sulfonamides is 1. The van der Waals surface area contributed by atoms with E-state index in [2.05, 4.69) is 25.1 Å². The quantitative estimate of drug-likeness (QED) is 0.718. The largest absolute Gasteiger partial charge is 0.340 e. The molecule has 9 heteroatoms. The Morgan fingerprint density at radius 2 is 2.38 bits per heavy atom. The highest BCUT2D eigenvalue weighted by atomic mass is 32.2. The first-order valence-corrected chi connectivity index (χ1v) is 5.91. The minimum Gasteiger partial charge on any atom is -0.340 e. The molecule has 2 rings (SSSR count). The minimum atomic E-state index is -3.53. The van der Waals surface area contributed by atoms with E-state index in [9.17, 15) is 8.42 Å². The van der Waals surface area contributed by atoms with Crippen LogP contribution in [0.25, 0.3) is 0 Å². The third-order valence-electron chi connectivity index (χ3n) is 1.80. The van der Waals surface area contributed by atoms with Gasteiger partial charge in [0.05, 0.1) is 6.20 Å². The van der Waals surface area contributed by atoms with Crippen LogP contribution >= 0.6 is 0 Å². The molecule has 2 N–H and O–H groups in total. The summed E-state index contributed by atoms with van der Waals surface area (Å²) in [7, 11) is -3.53. The van der Waals surface area contributed by atoms with E-state index in [1.165, 1.54) is 18.6 Å². The zero-order valence-electron chi connectivity index (χ0n) is 8.12. The van der Waals surface area contributed by atoms with Crippen molar-refractivity contribution in [2.45, 2.75) is 11.4 Å². The predicted octanol–water partition coefficient (Wildman–Crippen LogP) is -0.686. The van der Waals surface area contributed by atoms with Crippen molar-refractivity contribution in [3.63, 3.8) is 0 Å². The molecular formula is C7H9N5O3S. The molecule has 0 saturated heterocycles. The van der Waals surface area contributed by atoms with Crippen molar-refractivity contribution >= 4 is 10.0 Å². The lowest BCUT2D eigenvalue weighted by molar-refractivity contribution is 0.377. The summed E-state index contributed by atoms with van der Waals surface area (Å²) in [5.41, 5.74) is 0. The highest BCUT2D eigenvalue weighted by Crippen LogP contribution is 2.02. The lowest BCUT2D eigenvalue weighted by atomic mass is 10.4. The Morgan fingerprint density at radius 1 is 1.50 bits per heavy atom. The molecule has 2 aromatic rings. The lowest BCUT2D eigenvalue weighted by Gasteiger charge is -2.01. The third-order valence-corrected chi connectivity index (χ3v) is 3.19. The summed E-state index contributed by atoms with van der Waals surface area (Å²) in [5.74, 6) is 0.382. The molecule has 8 nitrogen and oxygen atoms in total. The van der Waals surface area contributed by atoms with Crippen molar-refractivity contribution in [2.75, 3.05) is 6.54 Å². The van der Waals surface area contributed by atoms with Crippen LogP contribution in [0.4, 0.5) is 0 Å². The number of hydrogen-bond donors (Lipinski definition) is 2. The van der Waals surface area contributed by atoms with Crippen LogP contribution in [0.3, 0.4) is 0 Å². The SMILES string of the molecule is O=S(=O)(NCCc1ncno1)c1ccn[nH]1. The van der Waals surface area contributed by atoms with E-state index in [1.807, 2.05) is 0 Å². The first-order chi connectivity index (χ1) is 7.68. The Balaban J connectivity index is 1.91. The fourth-order valence-electron chi connectivity index (χ4n) is 1.07. The summed E-state index contributed by atoms with van der Waals surface area (Å²) in [6.45, 7) is 0.184. The van der Waals surface area contributed by atoms with Crippen LogP contribution in [-0.2, 0) is 16.4 Å². The molecule has 0 aromatic carbocycles. The van der Waals surface area contributed by atoms with Gasteiger partial charge in [-0.15, -0.1) is 0 Å². The Labute approximate surface area is 91.1 Å². The molecule has 0 radical (unpaired) electrons. The summed E-state index contributed by atoms with van der Waals surface area (Å²) >= 11 is 0. The Kier molecular flexibility index (Phi) is 2.97. The summed E-state index contributed by atoms with van der Waals surface area (Å²) in [6, 6.07) is 1.37. The zero-order valence-corrected chi connectivity index (χ0v) is 8.94. The molecule has 0 amide bonds. The molecule has 0 aliphatic heterocycles. The van der Waals surface area contributed by atoms with Crippen molar-refractivity contribution in [1.29, 1.82) is 0 Å². The van der Waals surface area contributed by atoms with Gasteiger partial charge in [-0.1, -0.05) is 5.16 Å². The van der Waals surface area contributed by atoms with E-state index in [0.717, 1.165) is 0 Å². The molecular weight excluding hydrogens is 234 g/mol. The highest BCUT2D eigenvalue weighted by Gasteiger charge is 2.14. The van der Waals surface area contributed by atoms with Crippen LogP contribution in [0, 0.1) is 0 Å². The van der Waals surface area contributed by atoms with Gasteiger partial charge in [0, 0.05) is 13.0 Å². The maximum absolute atomic E-state index is 11.6. The summed E-state index contributed by atoms with van der Waals surface area (Å²) in [6.07, 6.45) is 2.97. The van der Waals surface area contributed by atoms with Gasteiger partial charge in [-0.3, -0.25) is 5.10 Å². The Hall–Kier alpha value is -1.74. The molecule has 0 spiro atoms. The van der Waals surface area contributed by atoms with Crippen LogP contribution in [0.1, 0.15) is 5.89 Å². The number of hydrogen-bond acceptors (Lipinski definition) is 6. The highest BCUT2D eigenvalue weighted by molar-refractivity contribution is 7.89. The van der Waals surface area contributed by atoms with E-state index < -0.39 is 10.0 Å². The average Bonchev–Trinajstić information content (AvgIpc) is 2.90. The monoisotopic (exact) mass is 243 g/mol. The van der Waals surface area contributed by atoms with Crippen molar-refractivity contribution in [3.05, 3.63) is 24.5 Å². The van der Waals surface area contributed by atoms with E-state index in [-0.39, 0.29) is 11.6 Å². The second-order valence-corrected chi connectivity index (χ2v) is 4.64. The molecule has 0 atom stereocenters. The lowest BCUT2D eigenvalue weighted by Crippen LogP contribution is -2.26. The maximum atomic E-state index is 11.6. The summed E-state index contributed by atoms with van der Waals surface area (Å²) in [5, 5.41) is 9.36. The smallest absolute Gasteiger partial charge is 0.257 e. The molecule has 0 aliphatic rings. The fraction of sp³-hybridized carbons (Fsp3) is 0.286. The van der Waals surface area contributed by atoms with Gasteiger partial charge in [-0.05, 0) is 6.07 Å². The third kappa shape index (κ3) is 2.44. The van der Waals surface area contributed by atoms with Crippen LogP contribution in [0.5, 0.6) is 0 Å². The zero-order chi connectivity index (χ0) is 11.4. The molecule has 0 fully saturated rings. The Bertz CT molecular complexity index is 518. The van der Waals surface area contributed by atoms with Gasteiger partial charge in [0.15, 0.2) is 11.4 Å². The van der Waals surface area contributed by atoms with Gasteiger partial charge in [-0.25, -0.2) is 13.1 Å². The van der Waals surface area contributed by atoms with Crippen molar-refractivity contribution in [1.82, 2.24) is 25.1 Å². The van der Waals surface area contributed by atoms with Crippen molar-refractivity contribution in [2.24, 2.45) is 0 Å². The number of H-pyrrole nitrogens is 1. The molecule has 16 heavy (non-hydrogen) atoms. The van der Waals surface area contributed by atoms with Gasteiger partial charge < -0.3 is 4.52 Å². The summed E-state index contributed by atoms with van der Waals surface area (Å²) < 4.78 is 30.2.